The highest BCUT2D eigenvalue weighted by atomic mass is 16.5. The Bertz CT molecular complexity index is 304. The van der Waals surface area contributed by atoms with Gasteiger partial charge in [0.15, 0.2) is 0 Å². The number of esters is 1. The summed E-state index contributed by atoms with van der Waals surface area (Å²) in [6.45, 7) is 1.83. The lowest BCUT2D eigenvalue weighted by atomic mass is 10.4. The Morgan fingerprint density at radius 1 is 1.85 bits per heavy atom. The second-order valence-corrected chi connectivity index (χ2v) is 2.01. The van der Waals surface area contributed by atoms with Gasteiger partial charge in [0.1, 0.15) is 6.26 Å². The van der Waals surface area contributed by atoms with Crippen LogP contribution >= 0.6 is 0 Å². The maximum atomic E-state index is 11.1. The Hall–Kier alpha value is -1.85. The van der Waals surface area contributed by atoms with Crippen molar-refractivity contribution >= 4 is 11.7 Å². The van der Waals surface area contributed by atoms with E-state index in [1.54, 1.807) is 6.92 Å². The number of carbonyl (C=O) groups is 1. The van der Waals surface area contributed by atoms with Crippen LogP contribution in [0.15, 0.2) is 22.0 Å². The van der Waals surface area contributed by atoms with Crippen molar-refractivity contribution in [1.29, 1.82) is 0 Å². The van der Waals surface area contributed by atoms with Gasteiger partial charge in [-0.3, -0.25) is 0 Å². The molecular formula is C7H8N2O4. The quantitative estimate of drug-likeness (QED) is 0.318. The van der Waals surface area contributed by atoms with Gasteiger partial charge in [-0.05, 0) is 6.92 Å². The Labute approximate surface area is 73.8 Å². The lowest BCUT2D eigenvalue weighted by molar-refractivity contribution is -0.135. The lowest BCUT2D eigenvalue weighted by Gasteiger charge is -1.98. The van der Waals surface area contributed by atoms with Gasteiger partial charge in [0.25, 0.3) is 5.89 Å². The topological polar surface area (TPSA) is 84.9 Å². The van der Waals surface area contributed by atoms with Crippen molar-refractivity contribution in [3.8, 4) is 0 Å². The van der Waals surface area contributed by atoms with Crippen LogP contribution in [0.25, 0.3) is 0 Å². The van der Waals surface area contributed by atoms with Crippen molar-refractivity contribution in [3.05, 3.63) is 18.4 Å². The van der Waals surface area contributed by atoms with Gasteiger partial charge in [-0.2, -0.15) is 0 Å². The molecule has 1 aromatic heterocycles. The van der Waals surface area contributed by atoms with E-state index in [4.69, 9.17) is 9.62 Å². The van der Waals surface area contributed by atoms with E-state index in [-0.39, 0.29) is 18.2 Å². The minimum absolute atomic E-state index is 0.0686. The molecule has 0 unspecified atom stereocenters. The van der Waals surface area contributed by atoms with E-state index in [1.807, 2.05) is 0 Å². The first-order valence-electron chi connectivity index (χ1n) is 3.58. The van der Waals surface area contributed by atoms with E-state index in [0.717, 1.165) is 0 Å². The predicted molar refractivity (Wildman–Crippen MR) is 41.5 cm³/mol. The minimum atomic E-state index is -0.771. The molecule has 6 heteroatoms. The zero-order valence-electron chi connectivity index (χ0n) is 6.93. The van der Waals surface area contributed by atoms with Crippen LogP contribution in [0.4, 0.5) is 0 Å². The highest BCUT2D eigenvalue weighted by Gasteiger charge is 2.20. The zero-order chi connectivity index (χ0) is 9.68. The number of hydrogen-bond acceptors (Lipinski definition) is 6. The summed E-state index contributed by atoms with van der Waals surface area (Å²) in [6.07, 6.45) is 2.60. The zero-order valence-corrected chi connectivity index (χ0v) is 6.93. The van der Waals surface area contributed by atoms with E-state index in [0.29, 0.717) is 0 Å². The van der Waals surface area contributed by atoms with Crippen molar-refractivity contribution in [1.82, 2.24) is 4.98 Å². The van der Waals surface area contributed by atoms with Gasteiger partial charge >= 0.3 is 5.97 Å². The lowest BCUT2D eigenvalue weighted by Crippen LogP contribution is -2.19. The van der Waals surface area contributed by atoms with Gasteiger partial charge in [-0.1, -0.05) is 5.16 Å². The average molecular weight is 184 g/mol. The summed E-state index contributed by atoms with van der Waals surface area (Å²) in [4.78, 5) is 14.7. The third kappa shape index (κ3) is 2.05. The summed E-state index contributed by atoms with van der Waals surface area (Å²) in [5.41, 5.74) is -0.341. The molecule has 0 saturated carbocycles. The molecule has 0 saturated heterocycles. The van der Waals surface area contributed by atoms with Crippen LogP contribution in [0.3, 0.4) is 0 Å². The van der Waals surface area contributed by atoms with E-state index < -0.39 is 5.97 Å². The first-order chi connectivity index (χ1) is 6.29. The molecule has 0 radical (unpaired) electrons. The molecule has 1 heterocycles. The molecule has 0 amide bonds. The van der Waals surface area contributed by atoms with Gasteiger partial charge < -0.3 is 14.4 Å². The number of carbonyl (C=O) groups excluding carboxylic acids is 1. The largest absolute Gasteiger partial charge is 0.461 e. The Balaban J connectivity index is 2.82. The second-order valence-electron chi connectivity index (χ2n) is 2.01. The van der Waals surface area contributed by atoms with Crippen LogP contribution in [0.1, 0.15) is 12.8 Å². The maximum Gasteiger partial charge on any atom is 0.366 e. The van der Waals surface area contributed by atoms with Crippen molar-refractivity contribution in [2.75, 3.05) is 6.61 Å². The highest BCUT2D eigenvalue weighted by Crippen LogP contribution is 1.99. The smallest absolute Gasteiger partial charge is 0.366 e. The highest BCUT2D eigenvalue weighted by molar-refractivity contribution is 6.41. The molecule has 0 aliphatic rings. The molecule has 0 aromatic carbocycles. The number of rotatable bonds is 3. The minimum Gasteiger partial charge on any atom is -0.461 e. The number of oxime groups is 1. The van der Waals surface area contributed by atoms with Gasteiger partial charge in [-0.25, -0.2) is 9.78 Å². The first kappa shape index (κ1) is 9.24. The monoisotopic (exact) mass is 184 g/mol. The number of nitrogens with zero attached hydrogens (tertiary/aromatic N) is 2. The van der Waals surface area contributed by atoms with E-state index in [9.17, 15) is 4.79 Å². The normalized spacial score (nSPS) is 11.3. The van der Waals surface area contributed by atoms with Crippen molar-refractivity contribution in [2.24, 2.45) is 5.16 Å². The van der Waals surface area contributed by atoms with Gasteiger partial charge in [-0.15, -0.1) is 0 Å². The van der Waals surface area contributed by atoms with E-state index in [2.05, 4.69) is 14.9 Å². The molecular weight excluding hydrogens is 176 g/mol. The molecule has 0 spiro atoms. The number of hydrogen-bond donors (Lipinski definition) is 1. The van der Waals surface area contributed by atoms with Crippen LogP contribution in [0, 0.1) is 0 Å². The predicted octanol–water partition coefficient (Wildman–Crippen LogP) is 0.416. The van der Waals surface area contributed by atoms with Crippen LogP contribution < -0.4 is 0 Å². The van der Waals surface area contributed by atoms with Crippen molar-refractivity contribution in [3.63, 3.8) is 0 Å². The van der Waals surface area contributed by atoms with E-state index in [1.165, 1.54) is 12.5 Å². The van der Waals surface area contributed by atoms with Crippen LogP contribution in [0.5, 0.6) is 0 Å². The van der Waals surface area contributed by atoms with Crippen LogP contribution in [-0.2, 0) is 9.53 Å². The standard InChI is InChI=1S/C7H8N2O4/c1-2-12-7(10)5(9-11)6-8-3-4-13-6/h3-4,11H,2H2,1H3/b9-5+. The average Bonchev–Trinajstić information content (AvgIpc) is 2.59. The first-order valence-corrected chi connectivity index (χ1v) is 3.58. The molecule has 6 nitrogen and oxygen atoms in total. The third-order valence-corrected chi connectivity index (χ3v) is 1.20. The van der Waals surface area contributed by atoms with Gasteiger partial charge in [0, 0.05) is 0 Å². The van der Waals surface area contributed by atoms with Gasteiger partial charge in [0.05, 0.1) is 12.8 Å². The number of oxazole rings is 1. The Morgan fingerprint density at radius 2 is 2.62 bits per heavy atom. The summed E-state index contributed by atoms with van der Waals surface area (Å²) < 4.78 is 9.34. The summed E-state index contributed by atoms with van der Waals surface area (Å²) in [6, 6.07) is 0. The summed E-state index contributed by atoms with van der Waals surface area (Å²) >= 11 is 0. The molecule has 1 N–H and O–H groups in total. The summed E-state index contributed by atoms with van der Waals surface area (Å²) in [7, 11) is 0. The van der Waals surface area contributed by atoms with Crippen LogP contribution in [0.2, 0.25) is 0 Å². The maximum absolute atomic E-state index is 11.1. The molecule has 1 rings (SSSR count). The van der Waals surface area contributed by atoms with Crippen LogP contribution in [-0.4, -0.2) is 28.5 Å². The molecule has 0 bridgehead atoms. The third-order valence-electron chi connectivity index (χ3n) is 1.20. The molecule has 0 atom stereocenters. The molecule has 1 aromatic rings. The molecule has 70 valence electrons. The van der Waals surface area contributed by atoms with E-state index >= 15 is 0 Å². The molecule has 13 heavy (non-hydrogen) atoms. The SMILES string of the molecule is CCOC(=O)/C(=N/O)c1ncco1. The molecule has 0 aliphatic heterocycles. The molecule has 0 fully saturated rings. The fraction of sp³-hybridized carbons (Fsp3) is 0.286. The summed E-state index contributed by atoms with van der Waals surface area (Å²) in [5, 5.41) is 11.2. The van der Waals surface area contributed by atoms with Gasteiger partial charge in [0.2, 0.25) is 5.71 Å². The second kappa shape index (κ2) is 4.24. The fourth-order valence-corrected chi connectivity index (χ4v) is 0.711. The fourth-order valence-electron chi connectivity index (χ4n) is 0.711. The Kier molecular flexibility index (Phi) is 3.02. The van der Waals surface area contributed by atoms with Crippen molar-refractivity contribution in [2.45, 2.75) is 6.92 Å². The number of aromatic nitrogens is 1. The number of ether oxygens (including phenoxy) is 1. The Morgan fingerprint density at radius 3 is 3.08 bits per heavy atom. The molecule has 0 aliphatic carbocycles. The van der Waals surface area contributed by atoms with Crippen molar-refractivity contribution < 1.29 is 19.2 Å². The summed E-state index contributed by atoms with van der Waals surface area (Å²) in [5.74, 6) is -0.839.